The minimum atomic E-state index is -0.416. The maximum absolute atomic E-state index is 13.2. The van der Waals surface area contributed by atoms with Crippen molar-refractivity contribution in [1.82, 2.24) is 19.6 Å². The van der Waals surface area contributed by atoms with Gasteiger partial charge in [0.25, 0.3) is 5.91 Å². The van der Waals surface area contributed by atoms with Crippen molar-refractivity contribution in [2.24, 2.45) is 0 Å². The summed E-state index contributed by atoms with van der Waals surface area (Å²) >= 11 is 7.50. The van der Waals surface area contributed by atoms with Crippen LogP contribution in [-0.2, 0) is 13.1 Å². The maximum Gasteiger partial charge on any atom is 0.312 e. The zero-order valence-electron chi connectivity index (χ0n) is 18.3. The zero-order valence-corrected chi connectivity index (χ0v) is 19.8. The van der Waals surface area contributed by atoms with E-state index in [1.807, 2.05) is 16.3 Å². The minimum Gasteiger partial charge on any atom is -0.335 e. The van der Waals surface area contributed by atoms with Crippen LogP contribution < -0.4 is 0 Å². The maximum atomic E-state index is 13.2. The van der Waals surface area contributed by atoms with Gasteiger partial charge in [-0.25, -0.2) is 4.39 Å². The third kappa shape index (κ3) is 5.07. The van der Waals surface area contributed by atoms with Crippen molar-refractivity contribution in [2.75, 3.05) is 26.2 Å². The Balaban J connectivity index is 1.35. The van der Waals surface area contributed by atoms with Gasteiger partial charge >= 0.3 is 5.69 Å². The Morgan fingerprint density at radius 3 is 2.58 bits per heavy atom. The third-order valence-electron chi connectivity index (χ3n) is 5.79. The van der Waals surface area contributed by atoms with E-state index in [4.69, 9.17) is 11.6 Å². The predicted molar refractivity (Wildman–Crippen MR) is 124 cm³/mol. The molecule has 4 rings (SSSR count). The Bertz CT molecular complexity index is 1200. The average molecular weight is 492 g/mol. The van der Waals surface area contributed by atoms with Crippen molar-refractivity contribution in [3.63, 3.8) is 0 Å². The highest BCUT2D eigenvalue weighted by molar-refractivity contribution is 7.12. The number of benzene rings is 1. The van der Waals surface area contributed by atoms with Gasteiger partial charge in [0.05, 0.1) is 16.3 Å². The van der Waals surface area contributed by atoms with Crippen LogP contribution in [0.4, 0.5) is 10.1 Å². The summed E-state index contributed by atoms with van der Waals surface area (Å²) in [7, 11) is 0. The molecule has 0 aliphatic carbocycles. The Morgan fingerprint density at radius 1 is 1.21 bits per heavy atom. The lowest BCUT2D eigenvalue weighted by Gasteiger charge is -2.34. The summed E-state index contributed by atoms with van der Waals surface area (Å²) in [4.78, 5) is 28.4. The van der Waals surface area contributed by atoms with Gasteiger partial charge in [-0.05, 0) is 48.6 Å². The molecule has 11 heteroatoms. The van der Waals surface area contributed by atoms with Gasteiger partial charge in [0.2, 0.25) is 0 Å². The highest BCUT2D eigenvalue weighted by atomic mass is 35.5. The number of nitro groups is 1. The number of carbonyl (C=O) groups is 1. The summed E-state index contributed by atoms with van der Waals surface area (Å²) in [6, 6.07) is 6.24. The normalized spacial score (nSPS) is 14.6. The monoisotopic (exact) mass is 491 g/mol. The van der Waals surface area contributed by atoms with Gasteiger partial charge in [0.15, 0.2) is 0 Å². The largest absolute Gasteiger partial charge is 0.335 e. The second kappa shape index (κ2) is 9.58. The number of rotatable bonds is 6. The van der Waals surface area contributed by atoms with Gasteiger partial charge in [-0.1, -0.05) is 17.7 Å². The van der Waals surface area contributed by atoms with Crippen LogP contribution >= 0.6 is 22.9 Å². The Hall–Kier alpha value is -2.82. The van der Waals surface area contributed by atoms with Crippen LogP contribution in [0.2, 0.25) is 5.02 Å². The van der Waals surface area contributed by atoms with Crippen molar-refractivity contribution in [3.05, 3.63) is 78.0 Å². The molecule has 1 amide bonds. The van der Waals surface area contributed by atoms with Gasteiger partial charge < -0.3 is 4.90 Å². The van der Waals surface area contributed by atoms with Crippen molar-refractivity contribution < 1.29 is 14.1 Å². The van der Waals surface area contributed by atoms with Crippen LogP contribution in [0.3, 0.4) is 0 Å². The number of carbonyl (C=O) groups excluding carboxylic acids is 1. The molecular weight excluding hydrogens is 469 g/mol. The SMILES string of the molecule is Cc1nn(Cc2csc(C(=O)N3CCN(Cc4ccc(F)cc4Cl)CC3)c2)c(C)c1[N+](=O)[O-]. The first kappa shape index (κ1) is 23.3. The first-order valence-electron chi connectivity index (χ1n) is 10.4. The number of nitrogens with zero attached hydrogens (tertiary/aromatic N) is 5. The quantitative estimate of drug-likeness (QED) is 0.380. The van der Waals surface area contributed by atoms with E-state index in [2.05, 4.69) is 10.00 Å². The summed E-state index contributed by atoms with van der Waals surface area (Å²) in [6.45, 7) is 6.86. The van der Waals surface area contributed by atoms with E-state index in [0.29, 0.717) is 60.6 Å². The van der Waals surface area contributed by atoms with E-state index < -0.39 is 4.92 Å². The Morgan fingerprint density at radius 2 is 1.94 bits per heavy atom. The average Bonchev–Trinajstić information content (AvgIpc) is 3.34. The van der Waals surface area contributed by atoms with Crippen LogP contribution in [0.15, 0.2) is 29.6 Å². The fourth-order valence-electron chi connectivity index (χ4n) is 4.00. The number of hydrogen-bond donors (Lipinski definition) is 0. The highest BCUT2D eigenvalue weighted by Gasteiger charge is 2.25. The molecule has 33 heavy (non-hydrogen) atoms. The number of aryl methyl sites for hydroxylation is 1. The molecule has 3 heterocycles. The van der Waals surface area contributed by atoms with E-state index in [9.17, 15) is 19.3 Å². The molecule has 0 radical (unpaired) electrons. The lowest BCUT2D eigenvalue weighted by atomic mass is 10.2. The lowest BCUT2D eigenvalue weighted by Crippen LogP contribution is -2.48. The summed E-state index contributed by atoms with van der Waals surface area (Å²) in [5.74, 6) is -0.379. The molecule has 2 aromatic heterocycles. The summed E-state index contributed by atoms with van der Waals surface area (Å²) in [6.07, 6.45) is 0. The molecule has 1 aliphatic heterocycles. The number of hydrogen-bond acceptors (Lipinski definition) is 6. The standard InChI is InChI=1S/C22H23ClFN5O3S/c1-14-21(29(31)32)15(2)28(25-14)11-16-9-20(33-13-16)22(30)27-7-5-26(6-8-27)12-17-3-4-18(24)10-19(17)23/h3-4,9-10,13H,5-8,11-12H2,1-2H3. The lowest BCUT2D eigenvalue weighted by molar-refractivity contribution is -0.386. The van der Waals surface area contributed by atoms with Gasteiger partial charge in [-0.15, -0.1) is 11.3 Å². The number of thiophene rings is 1. The molecule has 1 aromatic carbocycles. The molecule has 1 fully saturated rings. The van der Waals surface area contributed by atoms with Crippen LogP contribution in [0.5, 0.6) is 0 Å². The van der Waals surface area contributed by atoms with Crippen LogP contribution in [-0.4, -0.2) is 56.6 Å². The van der Waals surface area contributed by atoms with E-state index in [1.54, 1.807) is 24.6 Å². The Labute approximate surface area is 199 Å². The number of piperazine rings is 1. The van der Waals surface area contributed by atoms with Gasteiger partial charge in [-0.3, -0.25) is 24.5 Å². The first-order valence-corrected chi connectivity index (χ1v) is 11.7. The summed E-state index contributed by atoms with van der Waals surface area (Å²) in [5, 5.41) is 17.8. The molecule has 0 N–H and O–H groups in total. The summed E-state index contributed by atoms with van der Waals surface area (Å²) in [5.41, 5.74) is 2.65. The van der Waals surface area contributed by atoms with Crippen molar-refractivity contribution in [3.8, 4) is 0 Å². The highest BCUT2D eigenvalue weighted by Crippen LogP contribution is 2.25. The molecule has 1 aliphatic rings. The van der Waals surface area contributed by atoms with E-state index in [1.165, 1.54) is 23.5 Å². The molecule has 0 spiro atoms. The fourth-order valence-corrected chi connectivity index (χ4v) is 5.10. The second-order valence-corrected chi connectivity index (χ2v) is 9.38. The molecular formula is C22H23ClFN5O3S. The number of amides is 1. The van der Waals surface area contributed by atoms with E-state index >= 15 is 0 Å². The molecule has 0 atom stereocenters. The fraction of sp³-hybridized carbons (Fsp3) is 0.364. The smallest absolute Gasteiger partial charge is 0.312 e. The molecule has 174 valence electrons. The number of halogens is 2. The van der Waals surface area contributed by atoms with E-state index in [-0.39, 0.29) is 17.4 Å². The van der Waals surface area contributed by atoms with Gasteiger partial charge in [0.1, 0.15) is 17.2 Å². The predicted octanol–water partition coefficient (Wildman–Crippen LogP) is 4.27. The van der Waals surface area contributed by atoms with Crippen LogP contribution in [0.25, 0.3) is 0 Å². The van der Waals surface area contributed by atoms with Crippen LogP contribution in [0, 0.1) is 29.8 Å². The molecule has 1 saturated heterocycles. The topological polar surface area (TPSA) is 84.5 Å². The third-order valence-corrected chi connectivity index (χ3v) is 7.11. The molecule has 0 saturated carbocycles. The molecule has 3 aromatic rings. The molecule has 0 bridgehead atoms. The zero-order chi connectivity index (χ0) is 23.7. The number of aromatic nitrogens is 2. The van der Waals surface area contributed by atoms with Crippen LogP contribution in [0.1, 0.15) is 32.2 Å². The molecule has 8 nitrogen and oxygen atoms in total. The minimum absolute atomic E-state index is 0.0231. The Kier molecular flexibility index (Phi) is 6.78. The van der Waals surface area contributed by atoms with Crippen molar-refractivity contribution in [1.29, 1.82) is 0 Å². The van der Waals surface area contributed by atoms with E-state index in [0.717, 1.165) is 11.1 Å². The van der Waals surface area contributed by atoms with Crippen molar-refractivity contribution >= 4 is 34.5 Å². The second-order valence-electron chi connectivity index (χ2n) is 8.06. The van der Waals surface area contributed by atoms with Crippen molar-refractivity contribution in [2.45, 2.75) is 26.9 Å². The van der Waals surface area contributed by atoms with Gasteiger partial charge in [0, 0.05) is 37.7 Å². The van der Waals surface area contributed by atoms with Gasteiger partial charge in [-0.2, -0.15) is 5.10 Å². The first-order chi connectivity index (χ1) is 15.7. The summed E-state index contributed by atoms with van der Waals surface area (Å²) < 4.78 is 14.8. The molecule has 0 unspecified atom stereocenters.